The molecule has 7 nitrogen and oxygen atoms in total. The van der Waals surface area contributed by atoms with Crippen LogP contribution in [-0.2, 0) is 16.1 Å². The number of esters is 1. The fourth-order valence-electron chi connectivity index (χ4n) is 5.80. The van der Waals surface area contributed by atoms with E-state index in [0.717, 1.165) is 59.5 Å². The normalized spacial score (nSPS) is 22.5. The molecule has 1 aliphatic heterocycles. The Kier molecular flexibility index (Phi) is 6.11. The number of carbonyl (C=O) groups excluding carboxylic acids is 1. The molecule has 3 fully saturated rings. The first-order valence-corrected chi connectivity index (χ1v) is 14.4. The Morgan fingerprint density at radius 2 is 2.00 bits per heavy atom. The van der Waals surface area contributed by atoms with Gasteiger partial charge in [0.05, 0.1) is 56.8 Å². The summed E-state index contributed by atoms with van der Waals surface area (Å²) in [5.41, 5.74) is 6.57. The molecule has 4 aromatic rings. The molecule has 196 valence electrons. The van der Waals surface area contributed by atoms with E-state index in [-0.39, 0.29) is 12.1 Å². The van der Waals surface area contributed by atoms with Crippen molar-refractivity contribution < 1.29 is 18.8 Å². The third-order valence-electron chi connectivity index (χ3n) is 7.91. The molecule has 2 aromatic carbocycles. The van der Waals surface area contributed by atoms with Crippen LogP contribution in [0.4, 0.5) is 5.69 Å². The summed E-state index contributed by atoms with van der Waals surface area (Å²) in [5.74, 6) is 1.33. The second-order valence-electron chi connectivity index (χ2n) is 10.2. The summed E-state index contributed by atoms with van der Waals surface area (Å²) < 4.78 is 18.5. The number of hydrogen-bond acceptors (Lipinski definition) is 8. The number of piperidine rings is 1. The van der Waals surface area contributed by atoms with Gasteiger partial charge in [0.2, 0.25) is 0 Å². The number of anilines is 1. The number of carbonyl (C=O) groups is 1. The highest BCUT2D eigenvalue weighted by molar-refractivity contribution is 7.17. The Hall–Kier alpha value is -2.65. The third kappa shape index (κ3) is 4.09. The van der Waals surface area contributed by atoms with Gasteiger partial charge in [-0.15, -0.1) is 11.3 Å². The standard InChI is InChI=1S/C28H25Cl2N3O4S/c1-35-28(34)15-7-8-20-27(38-13-31-20)25(15)33-10-9-22(16-11-21(16)33)36-12-17-24(32-37-26(17)14-5-6-14)23-18(29)3-2-4-19(23)30/h2-4,7-8,13-14,16,21-22H,5-6,9-12H2,1H3. The van der Waals surface area contributed by atoms with Crippen molar-refractivity contribution >= 4 is 56.4 Å². The van der Waals surface area contributed by atoms with E-state index in [0.29, 0.717) is 51.4 Å². The van der Waals surface area contributed by atoms with Crippen molar-refractivity contribution in [1.29, 1.82) is 0 Å². The molecule has 7 rings (SSSR count). The van der Waals surface area contributed by atoms with Gasteiger partial charge >= 0.3 is 5.97 Å². The lowest BCUT2D eigenvalue weighted by Gasteiger charge is -2.34. The maximum atomic E-state index is 12.6. The molecule has 2 saturated carbocycles. The van der Waals surface area contributed by atoms with Crippen molar-refractivity contribution in [1.82, 2.24) is 10.1 Å². The summed E-state index contributed by atoms with van der Waals surface area (Å²) >= 11 is 14.6. The van der Waals surface area contributed by atoms with Crippen molar-refractivity contribution in [3.63, 3.8) is 0 Å². The number of benzene rings is 2. The summed E-state index contributed by atoms with van der Waals surface area (Å²) in [6.45, 7) is 1.19. The molecule has 0 bridgehead atoms. The van der Waals surface area contributed by atoms with Gasteiger partial charge in [0.1, 0.15) is 11.5 Å². The second kappa shape index (κ2) is 9.52. The molecule has 38 heavy (non-hydrogen) atoms. The number of ether oxygens (including phenoxy) is 2. The zero-order chi connectivity index (χ0) is 26.0. The monoisotopic (exact) mass is 569 g/mol. The molecular formula is C28H25Cl2N3O4S. The number of halogens is 2. The fraction of sp³-hybridized carbons (Fsp3) is 0.393. The largest absolute Gasteiger partial charge is 0.465 e. The highest BCUT2D eigenvalue weighted by Crippen LogP contribution is 2.50. The zero-order valence-electron chi connectivity index (χ0n) is 20.7. The highest BCUT2D eigenvalue weighted by atomic mass is 35.5. The number of aromatic nitrogens is 2. The number of methoxy groups -OCH3 is 1. The summed E-state index contributed by atoms with van der Waals surface area (Å²) in [7, 11) is 1.42. The van der Waals surface area contributed by atoms with Crippen molar-refractivity contribution in [2.45, 2.75) is 50.4 Å². The van der Waals surface area contributed by atoms with E-state index in [4.69, 9.17) is 37.2 Å². The molecular weight excluding hydrogens is 545 g/mol. The van der Waals surface area contributed by atoms with Gasteiger partial charge in [-0.3, -0.25) is 0 Å². The van der Waals surface area contributed by atoms with Crippen molar-refractivity contribution in [2.75, 3.05) is 18.6 Å². The molecule has 3 atom stereocenters. The third-order valence-corrected chi connectivity index (χ3v) is 9.39. The van der Waals surface area contributed by atoms with Crippen molar-refractivity contribution in [3.05, 3.63) is 62.8 Å². The predicted molar refractivity (Wildman–Crippen MR) is 147 cm³/mol. The SMILES string of the molecule is COC(=O)c1ccc2ncsc2c1N1CCC(OCc2c(-c3c(Cl)cccc3Cl)noc2C2CC2)C2CC21. The average molecular weight is 570 g/mol. The highest BCUT2D eigenvalue weighted by Gasteiger charge is 2.51. The fourth-order valence-corrected chi connectivity index (χ4v) is 7.23. The molecule has 0 radical (unpaired) electrons. The molecule has 10 heteroatoms. The van der Waals surface area contributed by atoms with Crippen molar-refractivity contribution in [2.24, 2.45) is 5.92 Å². The first kappa shape index (κ1) is 24.4. The summed E-state index contributed by atoms with van der Waals surface area (Å²) in [6, 6.07) is 9.49. The Morgan fingerprint density at radius 1 is 1.18 bits per heavy atom. The molecule has 2 aromatic heterocycles. The second-order valence-corrected chi connectivity index (χ2v) is 11.9. The van der Waals surface area contributed by atoms with Crippen LogP contribution in [0.25, 0.3) is 21.5 Å². The Balaban J connectivity index is 1.13. The van der Waals surface area contributed by atoms with Crippen LogP contribution < -0.4 is 4.90 Å². The van der Waals surface area contributed by atoms with E-state index in [1.807, 2.05) is 35.8 Å². The first-order chi connectivity index (χ1) is 18.5. The van der Waals surface area contributed by atoms with E-state index in [2.05, 4.69) is 15.0 Å². The van der Waals surface area contributed by atoms with E-state index in [1.54, 1.807) is 11.3 Å². The van der Waals surface area contributed by atoms with E-state index < -0.39 is 0 Å². The number of thiazole rings is 1. The molecule has 3 unspecified atom stereocenters. The number of rotatable bonds is 7. The molecule has 3 heterocycles. The van der Waals surface area contributed by atoms with Gasteiger partial charge in [-0.25, -0.2) is 9.78 Å². The number of nitrogens with zero attached hydrogens (tertiary/aromatic N) is 3. The van der Waals surface area contributed by atoms with E-state index >= 15 is 0 Å². The van der Waals surface area contributed by atoms with Crippen LogP contribution in [0.1, 0.15) is 53.3 Å². The van der Waals surface area contributed by atoms with Gasteiger partial charge in [0, 0.05) is 35.5 Å². The maximum Gasteiger partial charge on any atom is 0.340 e. The Morgan fingerprint density at radius 3 is 2.76 bits per heavy atom. The van der Waals surface area contributed by atoms with Crippen LogP contribution in [0.5, 0.6) is 0 Å². The molecule has 0 amide bonds. The summed E-state index contributed by atoms with van der Waals surface area (Å²) in [5, 5.41) is 5.48. The van der Waals surface area contributed by atoms with Gasteiger partial charge in [-0.05, 0) is 49.9 Å². The van der Waals surface area contributed by atoms with Crippen LogP contribution >= 0.6 is 34.5 Å². The maximum absolute atomic E-state index is 12.6. The Bertz CT molecular complexity index is 1530. The predicted octanol–water partition coefficient (Wildman–Crippen LogP) is 7.11. The van der Waals surface area contributed by atoms with E-state index in [9.17, 15) is 4.79 Å². The van der Waals surface area contributed by atoms with Crippen LogP contribution in [0.2, 0.25) is 10.0 Å². The molecule has 3 aliphatic rings. The molecule has 0 N–H and O–H groups in total. The lowest BCUT2D eigenvalue weighted by atomic mass is 10.0. The topological polar surface area (TPSA) is 77.7 Å². The minimum Gasteiger partial charge on any atom is -0.465 e. The quantitative estimate of drug-likeness (QED) is 0.219. The molecule has 2 aliphatic carbocycles. The summed E-state index contributed by atoms with van der Waals surface area (Å²) in [6.07, 6.45) is 4.15. The molecule has 0 spiro atoms. The van der Waals surface area contributed by atoms with Gasteiger partial charge in [0.15, 0.2) is 0 Å². The van der Waals surface area contributed by atoms with Gasteiger partial charge in [-0.1, -0.05) is 34.4 Å². The van der Waals surface area contributed by atoms with Crippen LogP contribution in [0.3, 0.4) is 0 Å². The lowest BCUT2D eigenvalue weighted by Crippen LogP contribution is -2.39. The summed E-state index contributed by atoms with van der Waals surface area (Å²) in [4.78, 5) is 19.5. The lowest BCUT2D eigenvalue weighted by molar-refractivity contribution is 0.0141. The average Bonchev–Trinajstić information content (AvgIpc) is 3.84. The van der Waals surface area contributed by atoms with Gasteiger partial charge < -0.3 is 18.9 Å². The Labute approximate surface area is 233 Å². The first-order valence-electron chi connectivity index (χ1n) is 12.8. The zero-order valence-corrected chi connectivity index (χ0v) is 23.0. The van der Waals surface area contributed by atoms with Gasteiger partial charge in [-0.2, -0.15) is 0 Å². The minimum absolute atomic E-state index is 0.106. The molecule has 1 saturated heterocycles. The van der Waals surface area contributed by atoms with Crippen molar-refractivity contribution in [3.8, 4) is 11.3 Å². The van der Waals surface area contributed by atoms with E-state index in [1.165, 1.54) is 7.11 Å². The number of fused-ring (bicyclic) bond motifs is 2. The smallest absolute Gasteiger partial charge is 0.340 e. The number of hydrogen-bond donors (Lipinski definition) is 0. The van der Waals surface area contributed by atoms with Crippen LogP contribution in [0, 0.1) is 5.92 Å². The van der Waals surface area contributed by atoms with Crippen LogP contribution in [-0.4, -0.2) is 41.9 Å². The minimum atomic E-state index is -0.323. The van der Waals surface area contributed by atoms with Crippen LogP contribution in [0.15, 0.2) is 40.4 Å². The van der Waals surface area contributed by atoms with Gasteiger partial charge in [0.25, 0.3) is 0 Å².